The molecular formula is C13H17O8P. The summed E-state index contributed by atoms with van der Waals surface area (Å²) in [7, 11) is -2.38. The molecule has 22 heavy (non-hydrogen) atoms. The van der Waals surface area contributed by atoms with Crippen LogP contribution in [-0.2, 0) is 28.4 Å². The van der Waals surface area contributed by atoms with Gasteiger partial charge in [-0.3, -0.25) is 9.36 Å². The van der Waals surface area contributed by atoms with Crippen LogP contribution in [0.2, 0.25) is 0 Å². The van der Waals surface area contributed by atoms with Crippen LogP contribution in [-0.4, -0.2) is 48.4 Å². The van der Waals surface area contributed by atoms with Gasteiger partial charge in [-0.1, -0.05) is 30.3 Å². The summed E-state index contributed by atoms with van der Waals surface area (Å²) in [6.45, 7) is 0. The molecule has 2 atom stereocenters. The van der Waals surface area contributed by atoms with Gasteiger partial charge in [-0.25, -0.2) is 4.79 Å². The van der Waals surface area contributed by atoms with Crippen LogP contribution < -0.4 is 0 Å². The Morgan fingerprint density at radius 2 is 1.64 bits per heavy atom. The highest BCUT2D eigenvalue weighted by atomic mass is 31.2. The van der Waals surface area contributed by atoms with E-state index in [0.29, 0.717) is 0 Å². The molecule has 0 bridgehead atoms. The second-order valence-electron chi connectivity index (χ2n) is 4.30. The highest BCUT2D eigenvalue weighted by Crippen LogP contribution is 2.58. The van der Waals surface area contributed by atoms with Crippen LogP contribution in [0.1, 0.15) is 11.5 Å². The van der Waals surface area contributed by atoms with E-state index in [2.05, 4.69) is 9.47 Å². The number of hydrogen-bond donors (Lipinski definition) is 2. The minimum absolute atomic E-state index is 0.143. The van der Waals surface area contributed by atoms with Crippen LogP contribution in [0.4, 0.5) is 0 Å². The van der Waals surface area contributed by atoms with Crippen LogP contribution in [0.3, 0.4) is 0 Å². The zero-order valence-electron chi connectivity index (χ0n) is 12.3. The van der Waals surface area contributed by atoms with Crippen molar-refractivity contribution < 1.29 is 38.2 Å². The standard InChI is InChI=1S/C13H17O8P/c1-19-11(14)10(9-7-5-4-6-8-9)13(21-3,12(15)20-2)22(16,17)18/h4-8,10H,1-3H3,(H2,16,17,18). The number of esters is 2. The average molecular weight is 332 g/mol. The van der Waals surface area contributed by atoms with Crippen molar-refractivity contribution in [2.75, 3.05) is 21.3 Å². The highest BCUT2D eigenvalue weighted by Gasteiger charge is 2.64. The molecule has 2 unspecified atom stereocenters. The van der Waals surface area contributed by atoms with Gasteiger partial charge in [-0.15, -0.1) is 0 Å². The van der Waals surface area contributed by atoms with Gasteiger partial charge >= 0.3 is 19.5 Å². The zero-order valence-corrected chi connectivity index (χ0v) is 13.1. The summed E-state index contributed by atoms with van der Waals surface area (Å²) in [5, 5.41) is -2.84. The molecule has 2 N–H and O–H groups in total. The maximum Gasteiger partial charge on any atom is 0.370 e. The van der Waals surface area contributed by atoms with Crippen molar-refractivity contribution in [1.82, 2.24) is 0 Å². The predicted octanol–water partition coefficient (Wildman–Crippen LogP) is 0.637. The third kappa shape index (κ3) is 3.05. The molecule has 0 radical (unpaired) electrons. The van der Waals surface area contributed by atoms with E-state index in [1.807, 2.05) is 0 Å². The molecule has 0 spiro atoms. The van der Waals surface area contributed by atoms with Crippen molar-refractivity contribution in [3.8, 4) is 0 Å². The second kappa shape index (κ2) is 7.02. The first kappa shape index (κ1) is 18.3. The molecule has 0 aliphatic heterocycles. The van der Waals surface area contributed by atoms with Crippen LogP contribution >= 0.6 is 7.60 Å². The molecule has 1 aromatic carbocycles. The van der Waals surface area contributed by atoms with Crippen LogP contribution in [0.5, 0.6) is 0 Å². The molecule has 8 nitrogen and oxygen atoms in total. The lowest BCUT2D eigenvalue weighted by atomic mass is 9.92. The number of carbonyl (C=O) groups is 2. The molecule has 0 aliphatic rings. The molecule has 9 heteroatoms. The average Bonchev–Trinajstić information content (AvgIpc) is 2.50. The number of carbonyl (C=O) groups excluding carboxylic acids is 2. The number of methoxy groups -OCH3 is 3. The first-order valence-electron chi connectivity index (χ1n) is 6.08. The minimum atomic E-state index is -5.27. The van der Waals surface area contributed by atoms with Crippen molar-refractivity contribution >= 4 is 19.5 Å². The summed E-state index contributed by atoms with van der Waals surface area (Å²) in [6.07, 6.45) is 0. The summed E-state index contributed by atoms with van der Waals surface area (Å²) in [4.78, 5) is 43.6. The van der Waals surface area contributed by atoms with E-state index in [0.717, 1.165) is 21.3 Å². The first-order chi connectivity index (χ1) is 10.3. The molecule has 0 saturated carbocycles. The van der Waals surface area contributed by atoms with Gasteiger partial charge < -0.3 is 24.0 Å². The van der Waals surface area contributed by atoms with Gasteiger partial charge in [0.2, 0.25) is 0 Å². The summed E-state index contributed by atoms with van der Waals surface area (Å²) >= 11 is 0. The van der Waals surface area contributed by atoms with Gasteiger partial charge in [-0.2, -0.15) is 0 Å². The van der Waals surface area contributed by atoms with Crippen LogP contribution in [0.15, 0.2) is 30.3 Å². The zero-order chi connectivity index (χ0) is 17.0. The molecule has 1 rings (SSSR count). The Bertz CT molecular complexity index is 581. The highest BCUT2D eigenvalue weighted by molar-refractivity contribution is 7.54. The van der Waals surface area contributed by atoms with E-state index < -0.39 is 30.8 Å². The van der Waals surface area contributed by atoms with E-state index in [1.54, 1.807) is 18.2 Å². The Morgan fingerprint density at radius 1 is 1.09 bits per heavy atom. The maximum absolute atomic E-state index is 12.1. The summed E-state index contributed by atoms with van der Waals surface area (Å²) in [5.41, 5.74) is 0.143. The predicted molar refractivity (Wildman–Crippen MR) is 75.0 cm³/mol. The third-order valence-electron chi connectivity index (χ3n) is 3.18. The molecule has 0 aromatic heterocycles. The Hall–Kier alpha value is -1.73. The Morgan fingerprint density at radius 3 is 2.00 bits per heavy atom. The quantitative estimate of drug-likeness (QED) is 0.575. The largest absolute Gasteiger partial charge is 0.468 e. The van der Waals surface area contributed by atoms with Crippen LogP contribution in [0, 0.1) is 0 Å². The molecule has 0 heterocycles. The van der Waals surface area contributed by atoms with Crippen LogP contribution in [0.25, 0.3) is 0 Å². The van der Waals surface area contributed by atoms with Crippen molar-refractivity contribution in [2.45, 2.75) is 11.3 Å². The SMILES string of the molecule is COC(=O)C(c1ccccc1)C(OC)(C(=O)OC)P(=O)(O)O. The van der Waals surface area contributed by atoms with E-state index in [-0.39, 0.29) is 5.56 Å². The van der Waals surface area contributed by atoms with Gasteiger partial charge in [-0.05, 0) is 5.56 Å². The monoisotopic (exact) mass is 332 g/mol. The topological polar surface area (TPSA) is 119 Å². The molecule has 0 fully saturated rings. The second-order valence-corrected chi connectivity index (χ2v) is 6.06. The molecule has 122 valence electrons. The van der Waals surface area contributed by atoms with Crippen molar-refractivity contribution in [3.05, 3.63) is 35.9 Å². The van der Waals surface area contributed by atoms with Gasteiger partial charge in [0.05, 0.1) is 14.2 Å². The molecule has 1 aromatic rings. The fraction of sp³-hybridized carbons (Fsp3) is 0.385. The summed E-state index contributed by atoms with van der Waals surface area (Å²) in [6, 6.07) is 7.58. The summed E-state index contributed by atoms with van der Waals surface area (Å²) in [5.74, 6) is -4.11. The summed E-state index contributed by atoms with van der Waals surface area (Å²) < 4.78 is 25.9. The fourth-order valence-corrected chi connectivity index (χ4v) is 3.31. The first-order valence-corrected chi connectivity index (χ1v) is 7.69. The van der Waals surface area contributed by atoms with Gasteiger partial charge in [0.15, 0.2) is 0 Å². The van der Waals surface area contributed by atoms with Crippen molar-refractivity contribution in [3.63, 3.8) is 0 Å². The lowest BCUT2D eigenvalue weighted by molar-refractivity contribution is -0.167. The molecule has 0 saturated heterocycles. The van der Waals surface area contributed by atoms with Gasteiger partial charge in [0.1, 0.15) is 5.92 Å². The molecule has 0 aliphatic carbocycles. The Labute approximate surface area is 127 Å². The van der Waals surface area contributed by atoms with E-state index in [1.165, 1.54) is 12.1 Å². The number of ether oxygens (including phenoxy) is 3. The normalized spacial score (nSPS) is 15.5. The minimum Gasteiger partial charge on any atom is -0.468 e. The molecule has 0 amide bonds. The van der Waals surface area contributed by atoms with Gasteiger partial charge in [0.25, 0.3) is 5.34 Å². The lowest BCUT2D eigenvalue weighted by Gasteiger charge is -2.35. The fourth-order valence-electron chi connectivity index (χ4n) is 2.16. The smallest absolute Gasteiger partial charge is 0.370 e. The maximum atomic E-state index is 12.1. The van der Waals surface area contributed by atoms with Gasteiger partial charge in [0, 0.05) is 7.11 Å². The Kier molecular flexibility index (Phi) is 5.85. The number of rotatable bonds is 6. The van der Waals surface area contributed by atoms with Crippen molar-refractivity contribution in [1.29, 1.82) is 0 Å². The number of benzene rings is 1. The van der Waals surface area contributed by atoms with E-state index in [4.69, 9.17) is 4.74 Å². The lowest BCUT2D eigenvalue weighted by Crippen LogP contribution is -2.50. The van der Waals surface area contributed by atoms with E-state index >= 15 is 0 Å². The number of hydrogen-bond acceptors (Lipinski definition) is 6. The van der Waals surface area contributed by atoms with E-state index in [9.17, 15) is 23.9 Å². The Balaban J connectivity index is 3.68. The third-order valence-corrected chi connectivity index (χ3v) is 4.67. The molecular weight excluding hydrogens is 315 g/mol. The van der Waals surface area contributed by atoms with Crippen molar-refractivity contribution in [2.24, 2.45) is 0 Å².